The quantitative estimate of drug-likeness (QED) is 0.918. The van der Waals surface area contributed by atoms with E-state index in [2.05, 4.69) is 46.4 Å². The van der Waals surface area contributed by atoms with Crippen molar-refractivity contribution >= 4 is 11.7 Å². The monoisotopic (exact) mass is 257 g/mol. The second-order valence-electron chi connectivity index (χ2n) is 5.04. The van der Waals surface area contributed by atoms with E-state index in [1.807, 2.05) is 7.05 Å². The Hall–Kier alpha value is -1.81. The van der Waals surface area contributed by atoms with Crippen LogP contribution in [-0.4, -0.2) is 18.1 Å². The third-order valence-electron chi connectivity index (χ3n) is 3.63. The van der Waals surface area contributed by atoms with Gasteiger partial charge in [0.2, 0.25) is 0 Å². The summed E-state index contributed by atoms with van der Waals surface area (Å²) in [4.78, 5) is 6.78. The Morgan fingerprint density at radius 1 is 1.42 bits per heavy atom. The highest BCUT2D eigenvalue weighted by molar-refractivity contribution is 5.63. The van der Waals surface area contributed by atoms with E-state index < -0.39 is 0 Å². The van der Waals surface area contributed by atoms with Crippen molar-refractivity contribution in [3.63, 3.8) is 0 Å². The Labute approximate surface area is 113 Å². The predicted octanol–water partition coefficient (Wildman–Crippen LogP) is 2.87. The van der Waals surface area contributed by atoms with Crippen LogP contribution >= 0.6 is 0 Å². The second kappa shape index (κ2) is 5.05. The standard InChI is InChI=1S/C15H19N3O/c1-11-7-8-12-5-3-4-6-14(12)18(11)15-17-13(9-16-2)10-19-15/h3-6,10-11,16H,7-9H2,1-2H3. The number of hydrogen-bond donors (Lipinski definition) is 1. The molecule has 0 spiro atoms. The molecule has 0 saturated heterocycles. The fraction of sp³-hybridized carbons (Fsp3) is 0.400. The summed E-state index contributed by atoms with van der Waals surface area (Å²) in [5.41, 5.74) is 3.53. The van der Waals surface area contributed by atoms with E-state index in [0.29, 0.717) is 12.1 Å². The molecule has 0 radical (unpaired) electrons. The van der Waals surface area contributed by atoms with E-state index in [1.54, 1.807) is 6.26 Å². The normalized spacial score (nSPS) is 18.4. The molecule has 0 bridgehead atoms. The van der Waals surface area contributed by atoms with Crippen molar-refractivity contribution in [3.8, 4) is 0 Å². The molecule has 4 heteroatoms. The number of nitrogens with one attached hydrogen (secondary N) is 1. The minimum absolute atomic E-state index is 0.413. The fourth-order valence-electron chi connectivity index (χ4n) is 2.65. The Morgan fingerprint density at radius 2 is 2.26 bits per heavy atom. The minimum atomic E-state index is 0.413. The molecule has 100 valence electrons. The van der Waals surface area contributed by atoms with E-state index in [9.17, 15) is 0 Å². The van der Waals surface area contributed by atoms with Gasteiger partial charge >= 0.3 is 6.01 Å². The molecule has 1 aromatic carbocycles. The van der Waals surface area contributed by atoms with Crippen LogP contribution in [0.5, 0.6) is 0 Å². The van der Waals surface area contributed by atoms with Crippen LogP contribution in [0.4, 0.5) is 11.7 Å². The van der Waals surface area contributed by atoms with E-state index in [1.165, 1.54) is 11.3 Å². The molecule has 1 atom stereocenters. The number of oxazole rings is 1. The number of para-hydroxylation sites is 1. The van der Waals surface area contributed by atoms with Gasteiger partial charge in [0.1, 0.15) is 6.26 Å². The maximum absolute atomic E-state index is 5.66. The first kappa shape index (κ1) is 12.2. The highest BCUT2D eigenvalue weighted by Gasteiger charge is 2.27. The molecule has 0 saturated carbocycles. The zero-order valence-electron chi connectivity index (χ0n) is 11.4. The predicted molar refractivity (Wildman–Crippen MR) is 75.6 cm³/mol. The van der Waals surface area contributed by atoms with Crippen LogP contribution in [0.15, 0.2) is 34.9 Å². The molecular weight excluding hydrogens is 238 g/mol. The number of fused-ring (bicyclic) bond motifs is 1. The van der Waals surface area contributed by atoms with Gasteiger partial charge < -0.3 is 9.73 Å². The minimum Gasteiger partial charge on any atom is -0.431 e. The van der Waals surface area contributed by atoms with Crippen LogP contribution in [0.25, 0.3) is 0 Å². The van der Waals surface area contributed by atoms with Gasteiger partial charge in [-0.15, -0.1) is 0 Å². The van der Waals surface area contributed by atoms with Gasteiger partial charge in [-0.1, -0.05) is 18.2 Å². The largest absolute Gasteiger partial charge is 0.431 e. The topological polar surface area (TPSA) is 41.3 Å². The molecule has 1 aliphatic rings. The van der Waals surface area contributed by atoms with Gasteiger partial charge in [0.05, 0.1) is 5.69 Å². The lowest BCUT2D eigenvalue weighted by atomic mass is 9.97. The van der Waals surface area contributed by atoms with Gasteiger partial charge in [-0.3, -0.25) is 4.90 Å². The number of aryl methyl sites for hydroxylation is 1. The summed E-state index contributed by atoms with van der Waals surface area (Å²) in [6.07, 6.45) is 3.98. The molecule has 2 heterocycles. The van der Waals surface area contributed by atoms with Crippen molar-refractivity contribution in [3.05, 3.63) is 41.8 Å². The van der Waals surface area contributed by atoms with Crippen molar-refractivity contribution < 1.29 is 4.42 Å². The van der Waals surface area contributed by atoms with E-state index in [4.69, 9.17) is 4.42 Å². The van der Waals surface area contributed by atoms with Crippen LogP contribution in [0.3, 0.4) is 0 Å². The molecule has 1 N–H and O–H groups in total. The second-order valence-corrected chi connectivity index (χ2v) is 5.04. The van der Waals surface area contributed by atoms with Crippen LogP contribution in [0.1, 0.15) is 24.6 Å². The molecular formula is C15H19N3O. The number of aromatic nitrogens is 1. The maximum Gasteiger partial charge on any atom is 0.302 e. The van der Waals surface area contributed by atoms with Crippen molar-refractivity contribution in [1.29, 1.82) is 0 Å². The molecule has 2 aromatic rings. The van der Waals surface area contributed by atoms with Gasteiger partial charge in [-0.25, -0.2) is 0 Å². The van der Waals surface area contributed by atoms with Crippen LogP contribution in [0.2, 0.25) is 0 Å². The SMILES string of the molecule is CNCc1coc(N2c3ccccc3CCC2C)n1. The van der Waals surface area contributed by atoms with Crippen molar-refractivity contribution in [1.82, 2.24) is 10.3 Å². The number of benzene rings is 1. The van der Waals surface area contributed by atoms with E-state index in [-0.39, 0.29) is 0 Å². The number of rotatable bonds is 3. The first-order valence-electron chi connectivity index (χ1n) is 6.75. The van der Waals surface area contributed by atoms with Crippen LogP contribution in [-0.2, 0) is 13.0 Å². The summed E-state index contributed by atoms with van der Waals surface area (Å²) >= 11 is 0. The molecule has 0 fully saturated rings. The number of nitrogens with zero attached hydrogens (tertiary/aromatic N) is 2. The van der Waals surface area contributed by atoms with Crippen molar-refractivity contribution in [2.75, 3.05) is 11.9 Å². The molecule has 19 heavy (non-hydrogen) atoms. The summed E-state index contributed by atoms with van der Waals surface area (Å²) in [5.74, 6) is 0. The lowest BCUT2D eigenvalue weighted by Gasteiger charge is -2.33. The van der Waals surface area contributed by atoms with Crippen LogP contribution < -0.4 is 10.2 Å². The molecule has 1 aromatic heterocycles. The zero-order chi connectivity index (χ0) is 13.2. The Bertz CT molecular complexity index is 564. The molecule has 0 amide bonds. The summed E-state index contributed by atoms with van der Waals surface area (Å²) in [6.45, 7) is 2.95. The Kier molecular flexibility index (Phi) is 3.25. The zero-order valence-corrected chi connectivity index (χ0v) is 11.4. The highest BCUT2D eigenvalue weighted by atomic mass is 16.4. The highest BCUT2D eigenvalue weighted by Crippen LogP contribution is 2.35. The summed E-state index contributed by atoms with van der Waals surface area (Å²) in [6, 6.07) is 9.61. The third kappa shape index (κ3) is 2.24. The molecule has 1 aliphatic heterocycles. The van der Waals surface area contributed by atoms with E-state index in [0.717, 1.165) is 25.1 Å². The molecule has 3 rings (SSSR count). The maximum atomic E-state index is 5.66. The van der Waals surface area contributed by atoms with Crippen molar-refractivity contribution in [2.24, 2.45) is 0 Å². The summed E-state index contributed by atoms with van der Waals surface area (Å²) in [5, 5.41) is 3.09. The van der Waals surface area contributed by atoms with Crippen LogP contribution in [0, 0.1) is 0 Å². The van der Waals surface area contributed by atoms with Gasteiger partial charge in [-0.2, -0.15) is 4.98 Å². The lowest BCUT2D eigenvalue weighted by molar-refractivity contribution is 0.510. The first-order valence-corrected chi connectivity index (χ1v) is 6.75. The summed E-state index contributed by atoms with van der Waals surface area (Å²) in [7, 11) is 1.91. The number of anilines is 2. The molecule has 4 nitrogen and oxygen atoms in total. The molecule has 1 unspecified atom stereocenters. The fourth-order valence-corrected chi connectivity index (χ4v) is 2.65. The van der Waals surface area contributed by atoms with Gasteiger partial charge in [0, 0.05) is 18.3 Å². The smallest absolute Gasteiger partial charge is 0.302 e. The number of hydrogen-bond acceptors (Lipinski definition) is 4. The molecule has 0 aliphatic carbocycles. The third-order valence-corrected chi connectivity index (χ3v) is 3.63. The Morgan fingerprint density at radius 3 is 3.11 bits per heavy atom. The average molecular weight is 257 g/mol. The Balaban J connectivity index is 1.98. The van der Waals surface area contributed by atoms with Gasteiger partial charge in [0.25, 0.3) is 0 Å². The van der Waals surface area contributed by atoms with Crippen molar-refractivity contribution in [2.45, 2.75) is 32.4 Å². The lowest BCUT2D eigenvalue weighted by Crippen LogP contribution is -2.33. The van der Waals surface area contributed by atoms with Gasteiger partial charge in [0.15, 0.2) is 0 Å². The van der Waals surface area contributed by atoms with E-state index >= 15 is 0 Å². The van der Waals surface area contributed by atoms with Gasteiger partial charge in [-0.05, 0) is 38.4 Å². The first-order chi connectivity index (χ1) is 9.29. The summed E-state index contributed by atoms with van der Waals surface area (Å²) < 4.78 is 5.66. The average Bonchev–Trinajstić information content (AvgIpc) is 2.87.